The Morgan fingerprint density at radius 1 is 0.436 bits per heavy atom. The number of phosphoric acid groups is 1. The van der Waals surface area contributed by atoms with Crippen molar-refractivity contribution >= 4 is 13.7 Å². The Kier molecular flexibility index (Phi) is 59.8. The van der Waals surface area contributed by atoms with Gasteiger partial charge in [0, 0.05) is 6.42 Å². The maximum absolute atomic E-state index is 13.0. The number of unbranched alkanes of at least 4 members (excludes halogenated alkanes) is 50. The Morgan fingerprint density at radius 3 is 1.00 bits per heavy atom. The summed E-state index contributed by atoms with van der Waals surface area (Å²) in [5, 5.41) is 13.9. The van der Waals surface area contributed by atoms with E-state index in [1.807, 2.05) is 27.2 Å². The topological polar surface area (TPSA) is 108 Å². The van der Waals surface area contributed by atoms with Gasteiger partial charge >= 0.3 is 0 Å². The fourth-order valence-corrected chi connectivity index (χ4v) is 11.5. The van der Waals surface area contributed by atoms with Gasteiger partial charge < -0.3 is 28.8 Å². The molecule has 0 spiro atoms. The molecule has 3 unspecified atom stereocenters. The van der Waals surface area contributed by atoms with Crippen LogP contribution >= 0.6 is 7.82 Å². The molecule has 1 amide bonds. The summed E-state index contributed by atoms with van der Waals surface area (Å²) >= 11 is 0. The molecule has 0 saturated heterocycles. The van der Waals surface area contributed by atoms with E-state index in [1.54, 1.807) is 6.08 Å². The second-order valence-electron chi connectivity index (χ2n) is 25.2. The van der Waals surface area contributed by atoms with Gasteiger partial charge in [-0.15, -0.1) is 0 Å². The Hall–Kier alpha value is -1.02. The van der Waals surface area contributed by atoms with Gasteiger partial charge in [0.25, 0.3) is 7.82 Å². The minimum Gasteiger partial charge on any atom is -0.756 e. The highest BCUT2D eigenvalue weighted by atomic mass is 31.2. The molecule has 3 atom stereocenters. The molecule has 0 fully saturated rings. The predicted molar refractivity (Wildman–Crippen MR) is 339 cm³/mol. The van der Waals surface area contributed by atoms with Gasteiger partial charge in [0.1, 0.15) is 13.2 Å². The number of hydrogen-bond acceptors (Lipinski definition) is 6. The summed E-state index contributed by atoms with van der Waals surface area (Å²) in [7, 11) is 1.28. The number of nitrogens with zero attached hydrogens (tertiary/aromatic N) is 1. The summed E-state index contributed by atoms with van der Waals surface area (Å²) < 4.78 is 23.4. The number of aliphatic hydroxyl groups excluding tert-OH is 1. The first-order valence-electron chi connectivity index (χ1n) is 34.7. The van der Waals surface area contributed by atoms with E-state index in [0.717, 1.165) is 38.5 Å². The first kappa shape index (κ1) is 77.0. The molecular formula is C69H137N2O6P. The zero-order valence-electron chi connectivity index (χ0n) is 53.2. The summed E-state index contributed by atoms with van der Waals surface area (Å²) in [6.45, 7) is 4.70. The Bertz CT molecular complexity index is 1320. The minimum absolute atomic E-state index is 0.00155. The number of allylic oxidation sites excluding steroid dienone is 3. The van der Waals surface area contributed by atoms with Crippen LogP contribution in [0, 0.1) is 0 Å². The maximum Gasteiger partial charge on any atom is 0.268 e. The molecule has 8 nitrogen and oxygen atoms in total. The van der Waals surface area contributed by atoms with Gasteiger partial charge in [-0.25, -0.2) is 0 Å². The number of likely N-dealkylation sites (N-methyl/N-ethyl adjacent to an activating group) is 1. The van der Waals surface area contributed by atoms with Crippen molar-refractivity contribution in [2.45, 2.75) is 373 Å². The van der Waals surface area contributed by atoms with Crippen molar-refractivity contribution in [3.8, 4) is 0 Å². The number of quaternary nitrogens is 1. The van der Waals surface area contributed by atoms with Gasteiger partial charge in [0.15, 0.2) is 0 Å². The molecule has 0 heterocycles. The maximum atomic E-state index is 13.0. The van der Waals surface area contributed by atoms with Crippen molar-refractivity contribution in [3.05, 3.63) is 24.3 Å². The highest BCUT2D eigenvalue weighted by Gasteiger charge is 2.23. The van der Waals surface area contributed by atoms with Crippen LogP contribution < -0.4 is 10.2 Å². The molecule has 9 heteroatoms. The summed E-state index contributed by atoms with van der Waals surface area (Å²) in [4.78, 5) is 25.6. The zero-order chi connectivity index (χ0) is 57.0. The van der Waals surface area contributed by atoms with Crippen LogP contribution in [0.5, 0.6) is 0 Å². The second-order valence-corrected chi connectivity index (χ2v) is 26.7. The summed E-state index contributed by atoms with van der Waals surface area (Å²) in [5.74, 6) is -0.190. The number of aliphatic hydroxyl groups is 1. The number of rotatable bonds is 65. The van der Waals surface area contributed by atoms with E-state index in [2.05, 4.69) is 31.3 Å². The van der Waals surface area contributed by atoms with Crippen molar-refractivity contribution in [2.75, 3.05) is 40.9 Å². The number of amides is 1. The van der Waals surface area contributed by atoms with Crippen molar-refractivity contribution < 1.29 is 32.9 Å². The van der Waals surface area contributed by atoms with Crippen LogP contribution in [0.4, 0.5) is 0 Å². The quantitative estimate of drug-likeness (QED) is 0.0272. The first-order chi connectivity index (χ1) is 38.0. The van der Waals surface area contributed by atoms with Crippen LogP contribution in [-0.2, 0) is 18.4 Å². The number of phosphoric ester groups is 1. The standard InChI is InChI=1S/C69H137N2O6P/c1-6-8-10-12-14-16-18-20-22-24-25-26-27-28-29-30-31-32-33-34-35-36-37-38-39-40-41-42-43-44-45-47-49-51-53-55-57-59-61-63-69(73)70-67(66-77-78(74,75)76-65-64-71(3,4)5)68(72)62-60-58-56-54-52-50-48-46-23-21-19-17-15-13-11-9-7-2/h34-35,60,62,67-68,72H,6-33,36-59,61,63-66H2,1-5H3,(H-,70,73,74,75)/b35-34-,62-60+. The van der Waals surface area contributed by atoms with Crippen LogP contribution in [-0.4, -0.2) is 68.5 Å². The Morgan fingerprint density at radius 2 is 0.705 bits per heavy atom. The fourth-order valence-electron chi connectivity index (χ4n) is 10.7. The molecule has 0 aromatic rings. The largest absolute Gasteiger partial charge is 0.756 e. The molecule has 78 heavy (non-hydrogen) atoms. The highest BCUT2D eigenvalue weighted by Crippen LogP contribution is 2.38. The normalized spacial score (nSPS) is 13.8. The van der Waals surface area contributed by atoms with Crippen molar-refractivity contribution in [1.82, 2.24) is 5.32 Å². The van der Waals surface area contributed by atoms with Gasteiger partial charge in [-0.2, -0.15) is 0 Å². The van der Waals surface area contributed by atoms with E-state index < -0.39 is 20.0 Å². The van der Waals surface area contributed by atoms with E-state index in [9.17, 15) is 19.4 Å². The molecule has 0 aromatic heterocycles. The molecular weight excluding hydrogens is 984 g/mol. The molecule has 464 valence electrons. The lowest BCUT2D eigenvalue weighted by Gasteiger charge is -2.29. The monoisotopic (exact) mass is 1120 g/mol. The van der Waals surface area contributed by atoms with Crippen LogP contribution in [0.25, 0.3) is 0 Å². The highest BCUT2D eigenvalue weighted by molar-refractivity contribution is 7.45. The lowest BCUT2D eigenvalue weighted by molar-refractivity contribution is -0.870. The zero-order valence-corrected chi connectivity index (χ0v) is 54.0. The van der Waals surface area contributed by atoms with Crippen molar-refractivity contribution in [3.63, 3.8) is 0 Å². The third-order valence-electron chi connectivity index (χ3n) is 16.2. The molecule has 0 saturated carbocycles. The molecule has 0 bridgehead atoms. The lowest BCUT2D eigenvalue weighted by atomic mass is 10.0. The second kappa shape index (κ2) is 60.6. The first-order valence-corrected chi connectivity index (χ1v) is 36.2. The van der Waals surface area contributed by atoms with Crippen molar-refractivity contribution in [1.29, 1.82) is 0 Å². The molecule has 2 N–H and O–H groups in total. The predicted octanol–water partition coefficient (Wildman–Crippen LogP) is 21.3. The average molecular weight is 1120 g/mol. The lowest BCUT2D eigenvalue weighted by Crippen LogP contribution is -2.45. The van der Waals surface area contributed by atoms with Crippen LogP contribution in [0.2, 0.25) is 0 Å². The SMILES string of the molecule is CCCCCCCCCCCCCCCCC/C=C/C(O)C(COP(=O)([O-])OCC[N+](C)(C)C)NC(=O)CCCCCCCCCCCCCCCCCCC/C=C\CCCCCCCCCCCCCCCCCCCC. The van der Waals surface area contributed by atoms with E-state index in [1.165, 1.54) is 302 Å². The summed E-state index contributed by atoms with van der Waals surface area (Å²) in [6, 6.07) is -0.884. The van der Waals surface area contributed by atoms with Crippen LogP contribution in [0.15, 0.2) is 24.3 Å². The molecule has 0 aliphatic carbocycles. The van der Waals surface area contributed by atoms with Gasteiger partial charge in [0.05, 0.1) is 39.9 Å². The fraction of sp³-hybridized carbons (Fsp3) is 0.928. The van der Waals surface area contributed by atoms with Gasteiger partial charge in [-0.1, -0.05) is 334 Å². The van der Waals surface area contributed by atoms with Gasteiger partial charge in [0.2, 0.25) is 5.91 Å². The van der Waals surface area contributed by atoms with Gasteiger partial charge in [-0.05, 0) is 44.9 Å². The third kappa shape index (κ3) is 62.6. The van der Waals surface area contributed by atoms with E-state index >= 15 is 0 Å². The van der Waals surface area contributed by atoms with E-state index in [0.29, 0.717) is 17.4 Å². The Labute approximate surface area is 487 Å². The number of nitrogens with one attached hydrogen (secondary N) is 1. The minimum atomic E-state index is -4.60. The molecule has 0 aliphatic rings. The van der Waals surface area contributed by atoms with Crippen LogP contribution in [0.1, 0.15) is 361 Å². The molecule has 0 radical (unpaired) electrons. The Balaban J connectivity index is 3.90. The van der Waals surface area contributed by atoms with E-state index in [-0.39, 0.29) is 19.1 Å². The molecule has 0 aliphatic heterocycles. The summed E-state index contributed by atoms with van der Waals surface area (Å²) in [5.41, 5.74) is 0. The molecule has 0 rings (SSSR count). The number of hydrogen-bond donors (Lipinski definition) is 2. The third-order valence-corrected chi connectivity index (χ3v) is 17.1. The van der Waals surface area contributed by atoms with Gasteiger partial charge in [-0.3, -0.25) is 9.36 Å². The van der Waals surface area contributed by atoms with Crippen molar-refractivity contribution in [2.24, 2.45) is 0 Å². The smallest absolute Gasteiger partial charge is 0.268 e. The summed E-state index contributed by atoms with van der Waals surface area (Å²) in [6.07, 6.45) is 78.8. The average Bonchev–Trinajstić information content (AvgIpc) is 3.41. The number of carbonyl (C=O) groups is 1. The van der Waals surface area contributed by atoms with Crippen LogP contribution in [0.3, 0.4) is 0 Å². The number of carbonyl (C=O) groups excluding carboxylic acids is 1. The van der Waals surface area contributed by atoms with E-state index in [4.69, 9.17) is 9.05 Å². The molecule has 0 aromatic carbocycles.